The van der Waals surface area contributed by atoms with Crippen molar-refractivity contribution in [3.05, 3.63) is 69.0 Å². The van der Waals surface area contributed by atoms with Gasteiger partial charge in [0.1, 0.15) is 9.71 Å². The average Bonchev–Trinajstić information content (AvgIpc) is 3.33. The second kappa shape index (κ2) is 7.17. The summed E-state index contributed by atoms with van der Waals surface area (Å²) in [5.41, 5.74) is 2.71. The van der Waals surface area contributed by atoms with Crippen LogP contribution >= 0.6 is 22.9 Å². The summed E-state index contributed by atoms with van der Waals surface area (Å²) in [4.78, 5) is 13.9. The number of rotatable bonds is 5. The van der Waals surface area contributed by atoms with Crippen LogP contribution in [0.2, 0.25) is 5.02 Å². The molecule has 4 aromatic rings. The molecule has 3 aromatic heterocycles. The molecule has 0 fully saturated rings. The lowest BCUT2D eigenvalue weighted by Crippen LogP contribution is -2.03. The quantitative estimate of drug-likeness (QED) is 0.451. The molecule has 0 saturated heterocycles. The maximum absolute atomic E-state index is 12.4. The van der Waals surface area contributed by atoms with E-state index in [1.807, 2.05) is 48.9 Å². The van der Waals surface area contributed by atoms with Crippen LogP contribution in [0.5, 0.6) is 0 Å². The molecular formula is C19H16ClN3O3S. The molecule has 27 heavy (non-hydrogen) atoms. The summed E-state index contributed by atoms with van der Waals surface area (Å²) in [6, 6.07) is 11.2. The third kappa shape index (κ3) is 3.74. The van der Waals surface area contributed by atoms with E-state index >= 15 is 0 Å². The summed E-state index contributed by atoms with van der Waals surface area (Å²) in [6.07, 6.45) is 0. The molecule has 0 aliphatic carbocycles. The summed E-state index contributed by atoms with van der Waals surface area (Å²) in [6.45, 7) is 4.41. The minimum absolute atomic E-state index is 0.0593. The van der Waals surface area contributed by atoms with Gasteiger partial charge in [-0.05, 0) is 37.6 Å². The molecule has 0 aliphatic rings. The smallest absolute Gasteiger partial charge is 0.348 e. The topological polar surface area (TPSA) is 70.2 Å². The largest absolute Gasteiger partial charge is 0.453 e. The molecule has 6 nitrogen and oxygen atoms in total. The van der Waals surface area contributed by atoms with Crippen molar-refractivity contribution < 1.29 is 14.1 Å². The van der Waals surface area contributed by atoms with Gasteiger partial charge in [-0.1, -0.05) is 28.9 Å². The Morgan fingerprint density at radius 3 is 2.74 bits per heavy atom. The van der Waals surface area contributed by atoms with Gasteiger partial charge in [0.15, 0.2) is 12.4 Å². The number of carbonyl (C=O) groups is 1. The van der Waals surface area contributed by atoms with Crippen molar-refractivity contribution in [1.82, 2.24) is 14.9 Å². The Kier molecular flexibility index (Phi) is 4.72. The monoisotopic (exact) mass is 401 g/mol. The Bertz CT molecular complexity index is 1110. The number of nitrogens with zero attached hydrogens (tertiary/aromatic N) is 3. The van der Waals surface area contributed by atoms with Gasteiger partial charge in [-0.15, -0.1) is 11.3 Å². The molecule has 0 N–H and O–H groups in total. The lowest BCUT2D eigenvalue weighted by Gasteiger charge is -2.03. The highest BCUT2D eigenvalue weighted by molar-refractivity contribution is 7.20. The van der Waals surface area contributed by atoms with Crippen molar-refractivity contribution in [3.63, 3.8) is 0 Å². The molecule has 8 heteroatoms. The van der Waals surface area contributed by atoms with Crippen LogP contribution in [0.3, 0.4) is 0 Å². The first-order valence-electron chi connectivity index (χ1n) is 8.30. The number of thiophene rings is 1. The first-order chi connectivity index (χ1) is 13.0. The Morgan fingerprint density at radius 1 is 1.26 bits per heavy atom. The van der Waals surface area contributed by atoms with E-state index in [2.05, 4.69) is 10.3 Å². The standard InChI is InChI=1S/C19H16ClN3O3S/c1-11-7-15(26-22-11)10-25-19(24)17-8-16-12(2)21-23(18(16)27-17)9-13-3-5-14(20)6-4-13/h3-8H,9-10H2,1-2H3. The van der Waals surface area contributed by atoms with Crippen LogP contribution in [0, 0.1) is 13.8 Å². The molecule has 1 aromatic carbocycles. The highest BCUT2D eigenvalue weighted by Gasteiger charge is 2.18. The number of fused-ring (bicyclic) bond motifs is 1. The van der Waals surface area contributed by atoms with E-state index in [-0.39, 0.29) is 12.6 Å². The van der Waals surface area contributed by atoms with E-state index in [4.69, 9.17) is 20.9 Å². The number of hydrogen-bond acceptors (Lipinski definition) is 6. The molecule has 0 saturated carbocycles. The van der Waals surface area contributed by atoms with Gasteiger partial charge in [-0.25, -0.2) is 4.79 Å². The third-order valence-electron chi connectivity index (χ3n) is 4.08. The highest BCUT2D eigenvalue weighted by Crippen LogP contribution is 2.29. The zero-order chi connectivity index (χ0) is 19.0. The van der Waals surface area contributed by atoms with Gasteiger partial charge >= 0.3 is 5.97 Å². The number of hydrogen-bond donors (Lipinski definition) is 0. The molecule has 0 bridgehead atoms. The number of halogens is 1. The van der Waals surface area contributed by atoms with Crippen LogP contribution in [-0.2, 0) is 17.9 Å². The molecule has 0 unspecified atom stereocenters. The Balaban J connectivity index is 1.54. The first-order valence-corrected chi connectivity index (χ1v) is 9.50. The second-order valence-corrected chi connectivity index (χ2v) is 7.68. The van der Waals surface area contributed by atoms with Crippen LogP contribution in [0.25, 0.3) is 10.2 Å². The minimum Gasteiger partial charge on any atom is -0.453 e. The van der Waals surface area contributed by atoms with Gasteiger partial charge in [0.05, 0.1) is 17.9 Å². The molecule has 0 aliphatic heterocycles. The molecule has 4 rings (SSSR count). The summed E-state index contributed by atoms with van der Waals surface area (Å²) in [5, 5.41) is 10.0. The van der Waals surface area contributed by atoms with Gasteiger partial charge in [0.2, 0.25) is 0 Å². The van der Waals surface area contributed by atoms with Crippen molar-refractivity contribution in [2.45, 2.75) is 27.0 Å². The predicted octanol–water partition coefficient (Wildman–Crippen LogP) is 4.76. The SMILES string of the molecule is Cc1cc(COC(=O)c2cc3c(C)nn(Cc4ccc(Cl)cc4)c3s2)on1. The summed E-state index contributed by atoms with van der Waals surface area (Å²) in [5.74, 6) is 0.134. The van der Waals surface area contributed by atoms with Crippen molar-refractivity contribution in [2.24, 2.45) is 0 Å². The first kappa shape index (κ1) is 17.8. The van der Waals surface area contributed by atoms with Crippen molar-refractivity contribution in [1.29, 1.82) is 0 Å². The number of carbonyl (C=O) groups excluding carboxylic acids is 1. The van der Waals surface area contributed by atoms with Crippen LogP contribution in [0.1, 0.15) is 32.4 Å². The van der Waals surface area contributed by atoms with Gasteiger partial charge in [-0.2, -0.15) is 5.10 Å². The lowest BCUT2D eigenvalue weighted by molar-refractivity contribution is 0.0443. The normalized spacial score (nSPS) is 11.2. The summed E-state index contributed by atoms with van der Waals surface area (Å²) >= 11 is 7.31. The minimum atomic E-state index is -0.386. The molecule has 138 valence electrons. The van der Waals surface area contributed by atoms with E-state index in [1.165, 1.54) is 11.3 Å². The van der Waals surface area contributed by atoms with Gasteiger partial charge in [0.25, 0.3) is 0 Å². The molecule has 3 heterocycles. The zero-order valence-corrected chi connectivity index (χ0v) is 16.3. The third-order valence-corrected chi connectivity index (χ3v) is 5.46. The van der Waals surface area contributed by atoms with Crippen molar-refractivity contribution >= 4 is 39.1 Å². The maximum atomic E-state index is 12.4. The Morgan fingerprint density at radius 2 is 2.04 bits per heavy atom. The molecule has 0 atom stereocenters. The highest BCUT2D eigenvalue weighted by atomic mass is 35.5. The number of aryl methyl sites for hydroxylation is 2. The van der Waals surface area contributed by atoms with Crippen molar-refractivity contribution in [2.75, 3.05) is 0 Å². The number of ether oxygens (including phenoxy) is 1. The van der Waals surface area contributed by atoms with Crippen LogP contribution in [0.15, 0.2) is 40.9 Å². The Hall–Kier alpha value is -2.64. The number of aromatic nitrogens is 3. The van der Waals surface area contributed by atoms with Crippen LogP contribution in [0.4, 0.5) is 0 Å². The molecule has 0 radical (unpaired) electrons. The summed E-state index contributed by atoms with van der Waals surface area (Å²) < 4.78 is 12.3. The van der Waals surface area contributed by atoms with Crippen molar-refractivity contribution in [3.8, 4) is 0 Å². The summed E-state index contributed by atoms with van der Waals surface area (Å²) in [7, 11) is 0. The maximum Gasteiger partial charge on any atom is 0.348 e. The second-order valence-electron chi connectivity index (χ2n) is 6.21. The van der Waals surface area contributed by atoms with E-state index in [0.717, 1.165) is 27.2 Å². The van der Waals surface area contributed by atoms with E-state index in [0.29, 0.717) is 22.2 Å². The van der Waals surface area contributed by atoms with Crippen LogP contribution < -0.4 is 0 Å². The van der Waals surface area contributed by atoms with Gasteiger partial charge < -0.3 is 9.26 Å². The number of esters is 1. The van der Waals surface area contributed by atoms with Crippen LogP contribution in [-0.4, -0.2) is 20.9 Å². The predicted molar refractivity (Wildman–Crippen MR) is 103 cm³/mol. The fourth-order valence-corrected chi connectivity index (χ4v) is 3.96. The van der Waals surface area contributed by atoms with E-state index in [1.54, 1.807) is 6.07 Å². The molecule has 0 spiro atoms. The van der Waals surface area contributed by atoms with E-state index in [9.17, 15) is 4.79 Å². The Labute approximate surface area is 164 Å². The fraction of sp³-hybridized carbons (Fsp3) is 0.211. The molecule has 0 amide bonds. The van der Waals surface area contributed by atoms with Gasteiger partial charge in [-0.3, -0.25) is 4.68 Å². The number of benzene rings is 1. The molecular weight excluding hydrogens is 386 g/mol. The fourth-order valence-electron chi connectivity index (χ4n) is 2.78. The lowest BCUT2D eigenvalue weighted by atomic mass is 10.2. The van der Waals surface area contributed by atoms with Gasteiger partial charge in [0, 0.05) is 16.5 Å². The average molecular weight is 402 g/mol. The van der Waals surface area contributed by atoms with E-state index < -0.39 is 0 Å². The zero-order valence-electron chi connectivity index (χ0n) is 14.7.